The number of para-hydroxylation sites is 1. The van der Waals surface area contributed by atoms with E-state index in [9.17, 15) is 9.59 Å². The first-order valence-electron chi connectivity index (χ1n) is 5.60. The highest BCUT2D eigenvalue weighted by Gasteiger charge is 2.36. The molecular formula is C12H14ClN3O2. The number of hydrogen-bond donors (Lipinski definition) is 1. The fourth-order valence-electron chi connectivity index (χ4n) is 1.95. The molecule has 4 amide bonds. The number of rotatable bonds is 1. The average Bonchev–Trinajstić information content (AvgIpc) is 2.56. The van der Waals surface area contributed by atoms with Crippen LogP contribution in [0.25, 0.3) is 0 Å². The lowest BCUT2D eigenvalue weighted by Crippen LogP contribution is -2.41. The molecule has 1 N–H and O–H groups in total. The molecule has 1 aliphatic heterocycles. The molecule has 1 saturated heterocycles. The van der Waals surface area contributed by atoms with Crippen LogP contribution in [0.3, 0.4) is 0 Å². The number of anilines is 1. The minimum atomic E-state index is -0.454. The third kappa shape index (κ3) is 2.26. The standard InChI is InChI=1S/C12H14ClN3O2/c1-8-7-15(2)12(18)16(8)11(17)14-10-6-4-3-5-9(10)13/h3-6,8H,7H2,1-2H3,(H,14,17). The second-order valence-electron chi connectivity index (χ2n) is 4.29. The highest BCUT2D eigenvalue weighted by molar-refractivity contribution is 6.33. The first-order valence-corrected chi connectivity index (χ1v) is 5.98. The van der Waals surface area contributed by atoms with Gasteiger partial charge in [-0.05, 0) is 19.1 Å². The van der Waals surface area contributed by atoms with Gasteiger partial charge in [0.15, 0.2) is 0 Å². The number of amides is 4. The van der Waals surface area contributed by atoms with Gasteiger partial charge in [0.05, 0.1) is 16.8 Å². The summed E-state index contributed by atoms with van der Waals surface area (Å²) in [5.41, 5.74) is 0.499. The van der Waals surface area contributed by atoms with Crippen LogP contribution in [-0.2, 0) is 0 Å². The van der Waals surface area contributed by atoms with Crippen molar-refractivity contribution >= 4 is 29.4 Å². The van der Waals surface area contributed by atoms with E-state index in [0.29, 0.717) is 17.3 Å². The van der Waals surface area contributed by atoms with Crippen LogP contribution in [0.1, 0.15) is 6.92 Å². The van der Waals surface area contributed by atoms with Crippen molar-refractivity contribution in [3.63, 3.8) is 0 Å². The average molecular weight is 268 g/mol. The predicted octanol–water partition coefficient (Wildman–Crippen LogP) is 2.63. The Morgan fingerprint density at radius 3 is 2.67 bits per heavy atom. The number of halogens is 1. The molecule has 1 aromatic carbocycles. The van der Waals surface area contributed by atoms with Gasteiger partial charge in [0.25, 0.3) is 0 Å². The fraction of sp³-hybridized carbons (Fsp3) is 0.333. The minimum absolute atomic E-state index is 0.148. The van der Waals surface area contributed by atoms with Crippen molar-refractivity contribution in [1.29, 1.82) is 0 Å². The van der Waals surface area contributed by atoms with Crippen molar-refractivity contribution in [3.05, 3.63) is 29.3 Å². The van der Waals surface area contributed by atoms with Gasteiger partial charge < -0.3 is 10.2 Å². The van der Waals surface area contributed by atoms with Crippen LogP contribution in [0, 0.1) is 0 Å². The summed E-state index contributed by atoms with van der Waals surface area (Å²) < 4.78 is 0. The van der Waals surface area contributed by atoms with Crippen LogP contribution in [0.4, 0.5) is 15.3 Å². The second-order valence-corrected chi connectivity index (χ2v) is 4.70. The molecule has 1 heterocycles. The van der Waals surface area contributed by atoms with E-state index in [2.05, 4.69) is 5.32 Å². The zero-order chi connectivity index (χ0) is 13.3. The molecule has 1 aliphatic rings. The lowest BCUT2D eigenvalue weighted by Gasteiger charge is -2.19. The Morgan fingerprint density at radius 2 is 2.11 bits per heavy atom. The molecule has 1 aromatic rings. The zero-order valence-corrected chi connectivity index (χ0v) is 10.9. The number of imide groups is 1. The van der Waals surface area contributed by atoms with Crippen molar-refractivity contribution in [2.24, 2.45) is 0 Å². The number of carbonyl (C=O) groups excluding carboxylic acids is 2. The molecule has 0 saturated carbocycles. The van der Waals surface area contributed by atoms with Crippen molar-refractivity contribution < 1.29 is 9.59 Å². The first kappa shape index (κ1) is 12.7. The second kappa shape index (κ2) is 4.86. The smallest absolute Gasteiger partial charge is 0.325 e. The number of likely N-dealkylation sites (N-methyl/N-ethyl adjacent to an activating group) is 1. The number of urea groups is 2. The van der Waals surface area contributed by atoms with Crippen LogP contribution >= 0.6 is 11.6 Å². The van der Waals surface area contributed by atoms with Gasteiger partial charge in [-0.15, -0.1) is 0 Å². The third-order valence-electron chi connectivity index (χ3n) is 2.85. The van der Waals surface area contributed by atoms with Crippen LogP contribution < -0.4 is 5.32 Å². The summed E-state index contributed by atoms with van der Waals surface area (Å²) in [4.78, 5) is 26.5. The molecule has 2 rings (SSSR count). The largest absolute Gasteiger partial charge is 0.330 e. The van der Waals surface area contributed by atoms with Crippen LogP contribution in [0.2, 0.25) is 5.02 Å². The Labute approximate surface area is 110 Å². The Morgan fingerprint density at radius 1 is 1.44 bits per heavy atom. The van der Waals surface area contributed by atoms with Crippen LogP contribution in [0.5, 0.6) is 0 Å². The van der Waals surface area contributed by atoms with E-state index >= 15 is 0 Å². The predicted molar refractivity (Wildman–Crippen MR) is 69.8 cm³/mol. The van der Waals surface area contributed by atoms with Gasteiger partial charge in [-0.1, -0.05) is 23.7 Å². The number of nitrogens with one attached hydrogen (secondary N) is 1. The molecule has 1 unspecified atom stereocenters. The summed E-state index contributed by atoms with van der Waals surface area (Å²) >= 11 is 5.95. The van der Waals surface area contributed by atoms with Gasteiger partial charge in [0.2, 0.25) is 0 Å². The molecule has 1 fully saturated rings. The van der Waals surface area contributed by atoms with Gasteiger partial charge in [-0.2, -0.15) is 0 Å². The third-order valence-corrected chi connectivity index (χ3v) is 3.18. The van der Waals surface area contributed by atoms with E-state index in [1.807, 2.05) is 6.92 Å². The molecule has 5 nitrogen and oxygen atoms in total. The summed E-state index contributed by atoms with van der Waals surface area (Å²) in [7, 11) is 1.67. The molecule has 96 valence electrons. The monoisotopic (exact) mass is 267 g/mol. The molecular weight excluding hydrogens is 254 g/mol. The summed E-state index contributed by atoms with van der Waals surface area (Å²) in [6.07, 6.45) is 0. The molecule has 0 bridgehead atoms. The van der Waals surface area contributed by atoms with E-state index in [1.165, 1.54) is 9.80 Å². The molecule has 6 heteroatoms. The Kier molecular flexibility index (Phi) is 3.43. The van der Waals surface area contributed by atoms with Gasteiger partial charge in [0.1, 0.15) is 0 Å². The minimum Gasteiger partial charge on any atom is -0.325 e. The maximum Gasteiger partial charge on any atom is 0.330 e. The molecule has 0 spiro atoms. The fourth-order valence-corrected chi connectivity index (χ4v) is 2.14. The van der Waals surface area contributed by atoms with E-state index < -0.39 is 6.03 Å². The van der Waals surface area contributed by atoms with Gasteiger partial charge in [-0.25, -0.2) is 14.5 Å². The lowest BCUT2D eigenvalue weighted by molar-refractivity contribution is 0.190. The lowest BCUT2D eigenvalue weighted by atomic mass is 10.3. The number of hydrogen-bond acceptors (Lipinski definition) is 2. The SMILES string of the molecule is CC1CN(C)C(=O)N1C(=O)Nc1ccccc1Cl. The summed E-state index contributed by atoms with van der Waals surface area (Å²) in [6.45, 7) is 2.36. The molecule has 0 radical (unpaired) electrons. The quantitative estimate of drug-likeness (QED) is 0.850. The molecule has 0 aromatic heterocycles. The van der Waals surface area contributed by atoms with Gasteiger partial charge in [-0.3, -0.25) is 0 Å². The summed E-state index contributed by atoms with van der Waals surface area (Å²) in [6, 6.07) is 6.01. The Balaban J connectivity index is 2.14. The zero-order valence-electron chi connectivity index (χ0n) is 10.2. The molecule has 1 atom stereocenters. The Hall–Kier alpha value is -1.75. The van der Waals surface area contributed by atoms with E-state index in [1.54, 1.807) is 31.3 Å². The van der Waals surface area contributed by atoms with Crippen LogP contribution in [0.15, 0.2) is 24.3 Å². The first-order chi connectivity index (χ1) is 8.50. The van der Waals surface area contributed by atoms with Crippen molar-refractivity contribution in [2.45, 2.75) is 13.0 Å². The van der Waals surface area contributed by atoms with Crippen molar-refractivity contribution in [2.75, 3.05) is 18.9 Å². The summed E-state index contributed by atoms with van der Waals surface area (Å²) in [5.74, 6) is 0. The van der Waals surface area contributed by atoms with E-state index in [0.717, 1.165) is 0 Å². The van der Waals surface area contributed by atoms with Crippen molar-refractivity contribution in [3.8, 4) is 0 Å². The number of carbonyl (C=O) groups is 2. The maximum absolute atomic E-state index is 12.0. The highest BCUT2D eigenvalue weighted by Crippen LogP contribution is 2.22. The molecule has 18 heavy (non-hydrogen) atoms. The van der Waals surface area contributed by atoms with Gasteiger partial charge in [0, 0.05) is 13.6 Å². The molecule has 0 aliphatic carbocycles. The topological polar surface area (TPSA) is 52.7 Å². The number of benzene rings is 1. The van der Waals surface area contributed by atoms with Crippen LogP contribution in [-0.4, -0.2) is 41.5 Å². The number of nitrogens with zero attached hydrogens (tertiary/aromatic N) is 2. The van der Waals surface area contributed by atoms with Crippen molar-refractivity contribution in [1.82, 2.24) is 9.80 Å². The van der Waals surface area contributed by atoms with E-state index in [4.69, 9.17) is 11.6 Å². The maximum atomic E-state index is 12.0. The normalized spacial score (nSPS) is 19.3. The summed E-state index contributed by atoms with van der Waals surface area (Å²) in [5, 5.41) is 3.08. The Bertz CT molecular complexity index is 492. The van der Waals surface area contributed by atoms with E-state index in [-0.39, 0.29) is 12.1 Å². The van der Waals surface area contributed by atoms with Gasteiger partial charge >= 0.3 is 12.1 Å². The highest BCUT2D eigenvalue weighted by atomic mass is 35.5.